The highest BCUT2D eigenvalue weighted by Gasteiger charge is 2.26. The topological polar surface area (TPSA) is 134 Å². The molecule has 0 radical (unpaired) electrons. The van der Waals surface area contributed by atoms with Crippen LogP contribution in [0.25, 0.3) is 0 Å². The van der Waals surface area contributed by atoms with Gasteiger partial charge >= 0.3 is 19.8 Å². The van der Waals surface area contributed by atoms with Gasteiger partial charge in [-0.25, -0.2) is 4.57 Å². The van der Waals surface area contributed by atoms with Crippen molar-refractivity contribution in [3.63, 3.8) is 0 Å². The van der Waals surface area contributed by atoms with Crippen LogP contribution in [0.4, 0.5) is 0 Å². The summed E-state index contributed by atoms with van der Waals surface area (Å²) in [6.45, 7) is 3.55. The summed E-state index contributed by atoms with van der Waals surface area (Å²) in [6, 6.07) is 0. The minimum Gasteiger partial charge on any atom is -0.462 e. The lowest BCUT2D eigenvalue weighted by Gasteiger charge is -2.19. The quantitative estimate of drug-likeness (QED) is 0.0264. The molecule has 0 aromatic rings. The van der Waals surface area contributed by atoms with E-state index in [1.54, 1.807) is 0 Å². The van der Waals surface area contributed by atoms with Gasteiger partial charge in [-0.1, -0.05) is 372 Å². The van der Waals surface area contributed by atoms with E-state index in [4.69, 9.17) is 24.3 Å². The number of unbranched alkanes of at least 4 members (excludes halogenated alkanes) is 39. The maximum absolute atomic E-state index is 12.8. The molecule has 3 N–H and O–H groups in total. The maximum atomic E-state index is 12.8. The molecule has 0 spiro atoms. The highest BCUT2D eigenvalue weighted by atomic mass is 31.2. The summed E-state index contributed by atoms with van der Waals surface area (Å²) in [7, 11) is -4.40. The Morgan fingerprint density at radius 1 is 0.316 bits per heavy atom. The van der Waals surface area contributed by atoms with Gasteiger partial charge in [0, 0.05) is 19.4 Å². The molecule has 95 heavy (non-hydrogen) atoms. The molecule has 0 aliphatic carbocycles. The molecule has 0 heterocycles. The highest BCUT2D eigenvalue weighted by Crippen LogP contribution is 2.43. The van der Waals surface area contributed by atoms with Gasteiger partial charge in [-0.2, -0.15) is 0 Å². The van der Waals surface area contributed by atoms with E-state index in [2.05, 4.69) is 148 Å². The first kappa shape index (κ1) is 91.2. The van der Waals surface area contributed by atoms with Crippen molar-refractivity contribution in [1.82, 2.24) is 0 Å². The summed E-state index contributed by atoms with van der Waals surface area (Å²) in [5.74, 6) is -0.817. The molecule has 0 aliphatic rings. The van der Waals surface area contributed by atoms with Gasteiger partial charge in [0.2, 0.25) is 0 Å². The van der Waals surface area contributed by atoms with Gasteiger partial charge in [-0.15, -0.1) is 0 Å². The van der Waals surface area contributed by atoms with Gasteiger partial charge in [-0.3, -0.25) is 18.6 Å². The van der Waals surface area contributed by atoms with Crippen LogP contribution in [0.15, 0.2) is 134 Å². The average molecular weight is 1340 g/mol. The van der Waals surface area contributed by atoms with Crippen LogP contribution in [-0.4, -0.2) is 49.3 Å². The van der Waals surface area contributed by atoms with Gasteiger partial charge in [0.1, 0.15) is 6.61 Å². The van der Waals surface area contributed by atoms with Crippen molar-refractivity contribution in [3.05, 3.63) is 134 Å². The Morgan fingerprint density at radius 2 is 0.547 bits per heavy atom. The molecule has 0 aromatic carbocycles. The summed E-state index contributed by atoms with van der Waals surface area (Å²) < 4.78 is 33.3. The van der Waals surface area contributed by atoms with Gasteiger partial charge in [0.25, 0.3) is 0 Å². The third-order valence-corrected chi connectivity index (χ3v) is 18.0. The lowest BCUT2D eigenvalue weighted by Crippen LogP contribution is -2.29. The largest absolute Gasteiger partial charge is 0.472 e. The van der Waals surface area contributed by atoms with Crippen LogP contribution in [0.5, 0.6) is 0 Å². The molecule has 2 unspecified atom stereocenters. The van der Waals surface area contributed by atoms with Crippen molar-refractivity contribution >= 4 is 19.8 Å². The predicted octanol–water partition coefficient (Wildman–Crippen LogP) is 26.8. The molecule has 0 rings (SSSR count). The lowest BCUT2D eigenvalue weighted by atomic mass is 10.0. The van der Waals surface area contributed by atoms with Crippen LogP contribution in [-0.2, 0) is 32.7 Å². The molecule has 10 heteroatoms. The van der Waals surface area contributed by atoms with Gasteiger partial charge in [0.15, 0.2) is 6.10 Å². The third-order valence-electron chi connectivity index (χ3n) is 17.0. The lowest BCUT2D eigenvalue weighted by molar-refractivity contribution is -0.161. The Morgan fingerprint density at radius 3 is 0.811 bits per heavy atom. The first-order chi connectivity index (χ1) is 46.8. The molecule has 0 bridgehead atoms. The molecule has 0 fully saturated rings. The van der Waals surface area contributed by atoms with E-state index in [0.29, 0.717) is 6.42 Å². The molecule has 0 aliphatic heterocycles. The number of hydrogen-bond donors (Lipinski definition) is 2. The van der Waals surface area contributed by atoms with Crippen molar-refractivity contribution in [2.24, 2.45) is 5.73 Å². The van der Waals surface area contributed by atoms with Crippen molar-refractivity contribution < 1.29 is 37.6 Å². The number of allylic oxidation sites excluding steroid dienone is 22. The van der Waals surface area contributed by atoms with Crippen LogP contribution < -0.4 is 5.73 Å². The Bertz CT molecular complexity index is 2030. The van der Waals surface area contributed by atoms with E-state index < -0.39 is 26.5 Å². The fourth-order valence-corrected chi connectivity index (χ4v) is 12.0. The number of esters is 2. The number of ether oxygens (including phenoxy) is 2. The zero-order valence-electron chi connectivity index (χ0n) is 61.6. The number of carbonyl (C=O) groups excluding carboxylic acids is 2. The van der Waals surface area contributed by atoms with Crippen molar-refractivity contribution in [3.8, 4) is 0 Å². The molecule has 0 saturated carbocycles. The van der Waals surface area contributed by atoms with Crippen LogP contribution in [0.3, 0.4) is 0 Å². The molecule has 0 saturated heterocycles. The monoisotopic (exact) mass is 1340 g/mol. The number of phosphoric ester groups is 1. The SMILES string of the molecule is CC/C=C\C/C=C\C/C=C\C/C=C\C/C=C\C/C=C\CCCCCCCCCCCCCCCCC(=O)OC(COC(=O)CCCCCCCCCCCCCCCCCCCCCCCCCCC/C=C\C/C=C\C/C=C\C/C=C\C/C=C\CC)COP(=O)(O)OCCN. The van der Waals surface area contributed by atoms with Gasteiger partial charge < -0.3 is 20.1 Å². The summed E-state index contributed by atoms with van der Waals surface area (Å²) in [4.78, 5) is 35.5. The van der Waals surface area contributed by atoms with E-state index >= 15 is 0 Å². The molecule has 0 aromatic heterocycles. The average Bonchev–Trinajstić information content (AvgIpc) is 3.25. The number of hydrogen-bond acceptors (Lipinski definition) is 8. The second kappa shape index (κ2) is 79.1. The summed E-state index contributed by atoms with van der Waals surface area (Å²) in [5, 5.41) is 0. The van der Waals surface area contributed by atoms with Crippen LogP contribution in [0, 0.1) is 0 Å². The fraction of sp³-hybridized carbons (Fsp3) is 0.718. The zero-order valence-corrected chi connectivity index (χ0v) is 62.5. The van der Waals surface area contributed by atoms with E-state index in [9.17, 15) is 19.0 Å². The third kappa shape index (κ3) is 79.0. The second-order valence-electron chi connectivity index (χ2n) is 26.2. The Hall–Kier alpha value is -3.85. The van der Waals surface area contributed by atoms with Gasteiger partial charge in [0.05, 0.1) is 13.2 Å². The van der Waals surface area contributed by atoms with E-state index in [1.807, 2.05) is 0 Å². The Balaban J connectivity index is 3.79. The predicted molar refractivity (Wildman–Crippen MR) is 413 cm³/mol. The summed E-state index contributed by atoms with van der Waals surface area (Å²) in [6.07, 6.45) is 113. The molecular weight excluding hydrogens is 1190 g/mol. The smallest absolute Gasteiger partial charge is 0.462 e. The second-order valence-corrected chi connectivity index (χ2v) is 27.6. The minimum atomic E-state index is -4.40. The summed E-state index contributed by atoms with van der Waals surface area (Å²) >= 11 is 0. The highest BCUT2D eigenvalue weighted by molar-refractivity contribution is 7.47. The standard InChI is InChI=1S/C85H148NO8P/c1-3-5-7-9-11-13-15-17-19-21-23-25-27-29-31-33-35-37-38-39-40-41-42-43-44-46-47-49-51-53-55-57-59-61-63-65-67-69-71-73-75-77-84(87)91-81-83(82-93-95(89,90)92-80-79-86)94-85(88)78-76-74-72-70-68-66-64-62-60-58-56-54-52-50-48-45-36-34-32-30-28-26-24-22-20-18-16-14-12-10-8-6-4-2/h5-8,11-14,17-20,23-26,29-32,36,45,83H,3-4,9-10,15-16,21-22,27-28,33-35,37-44,46-82,86H2,1-2H3,(H,89,90)/b7-5-,8-6-,13-11-,14-12-,19-17-,20-18-,25-23-,26-24-,31-29-,32-30-,45-36-. The molecule has 9 nitrogen and oxygen atoms in total. The first-order valence-corrected chi connectivity index (χ1v) is 41.2. The number of nitrogens with two attached hydrogens (primary N) is 1. The summed E-state index contributed by atoms with van der Waals surface area (Å²) in [5.41, 5.74) is 5.41. The first-order valence-electron chi connectivity index (χ1n) is 39.7. The Kier molecular flexibility index (Phi) is 75.9. The van der Waals surface area contributed by atoms with Crippen LogP contribution in [0.1, 0.15) is 361 Å². The van der Waals surface area contributed by atoms with E-state index in [0.717, 1.165) is 109 Å². The van der Waals surface area contributed by atoms with Gasteiger partial charge in [-0.05, 0) is 109 Å². The number of rotatable bonds is 74. The Labute approximate surface area is 586 Å². The number of phosphoric acid groups is 1. The number of carbonyl (C=O) groups is 2. The maximum Gasteiger partial charge on any atom is 0.472 e. The minimum absolute atomic E-state index is 0.0509. The van der Waals surface area contributed by atoms with Crippen molar-refractivity contribution in [2.45, 2.75) is 367 Å². The van der Waals surface area contributed by atoms with Crippen LogP contribution >= 0.6 is 7.82 Å². The fourth-order valence-electron chi connectivity index (χ4n) is 11.3. The molecule has 546 valence electrons. The van der Waals surface area contributed by atoms with E-state index in [1.165, 1.54) is 218 Å². The normalized spacial score (nSPS) is 13.6. The van der Waals surface area contributed by atoms with Crippen LogP contribution in [0.2, 0.25) is 0 Å². The van der Waals surface area contributed by atoms with Crippen molar-refractivity contribution in [1.29, 1.82) is 0 Å². The van der Waals surface area contributed by atoms with E-state index in [-0.39, 0.29) is 38.6 Å². The zero-order chi connectivity index (χ0) is 68.6. The molecular formula is C85H148NO8P. The molecule has 2 atom stereocenters. The molecule has 0 amide bonds. The van der Waals surface area contributed by atoms with Crippen molar-refractivity contribution in [2.75, 3.05) is 26.4 Å².